The standard InChI is InChI=1S/C15H15NO4/c17-10-4-3-7-16(9-10)15(19)14-8-12(18)11-5-1-2-6-13(11)20-14/h1-2,5-6,8,10,17H,3-4,7,9H2/t10-/m0/s1. The van der Waals surface area contributed by atoms with Crippen molar-refractivity contribution in [3.8, 4) is 0 Å². The summed E-state index contributed by atoms with van der Waals surface area (Å²) in [5.74, 6) is -0.311. The molecule has 0 saturated carbocycles. The number of aliphatic hydroxyl groups excluding tert-OH is 1. The van der Waals surface area contributed by atoms with Crippen LogP contribution >= 0.6 is 0 Å². The molecule has 1 fully saturated rings. The lowest BCUT2D eigenvalue weighted by Crippen LogP contribution is -2.42. The van der Waals surface area contributed by atoms with Crippen molar-refractivity contribution in [3.05, 3.63) is 46.3 Å². The van der Waals surface area contributed by atoms with Gasteiger partial charge in [0.25, 0.3) is 5.91 Å². The SMILES string of the molecule is O=C(c1cc(=O)c2ccccc2o1)N1CCC[C@H](O)C1. The molecule has 2 aromatic rings. The summed E-state index contributed by atoms with van der Waals surface area (Å²) in [5.41, 5.74) is 0.175. The van der Waals surface area contributed by atoms with Crippen LogP contribution in [-0.4, -0.2) is 35.1 Å². The molecular formula is C15H15NO4. The Morgan fingerprint density at radius 2 is 2.15 bits per heavy atom. The highest BCUT2D eigenvalue weighted by Crippen LogP contribution is 2.16. The van der Waals surface area contributed by atoms with Crippen molar-refractivity contribution in [2.45, 2.75) is 18.9 Å². The second-order valence-corrected chi connectivity index (χ2v) is 5.02. The topological polar surface area (TPSA) is 70.8 Å². The predicted octanol–water partition coefficient (Wildman–Crippen LogP) is 1.39. The van der Waals surface area contributed by atoms with Crippen LogP contribution in [0, 0.1) is 0 Å². The molecule has 1 amide bonds. The van der Waals surface area contributed by atoms with E-state index in [9.17, 15) is 14.7 Å². The molecule has 20 heavy (non-hydrogen) atoms. The lowest BCUT2D eigenvalue weighted by Gasteiger charge is -2.29. The van der Waals surface area contributed by atoms with Crippen LogP contribution in [-0.2, 0) is 0 Å². The molecule has 1 aliphatic heterocycles. The van der Waals surface area contributed by atoms with Crippen molar-refractivity contribution in [2.24, 2.45) is 0 Å². The van der Waals surface area contributed by atoms with Crippen LogP contribution in [0.5, 0.6) is 0 Å². The minimum absolute atomic E-state index is 0.0304. The van der Waals surface area contributed by atoms with E-state index < -0.39 is 6.10 Å². The zero-order valence-electron chi connectivity index (χ0n) is 10.9. The molecule has 104 valence electrons. The van der Waals surface area contributed by atoms with E-state index in [0.717, 1.165) is 6.42 Å². The third kappa shape index (κ3) is 2.32. The third-order valence-electron chi connectivity index (χ3n) is 3.53. The average Bonchev–Trinajstić information content (AvgIpc) is 2.46. The van der Waals surface area contributed by atoms with Crippen molar-refractivity contribution >= 4 is 16.9 Å². The quantitative estimate of drug-likeness (QED) is 0.852. The van der Waals surface area contributed by atoms with Gasteiger partial charge >= 0.3 is 0 Å². The van der Waals surface area contributed by atoms with E-state index in [1.165, 1.54) is 11.0 Å². The van der Waals surface area contributed by atoms with Crippen LogP contribution in [0.2, 0.25) is 0 Å². The molecule has 3 rings (SSSR count). The van der Waals surface area contributed by atoms with Crippen molar-refractivity contribution in [1.82, 2.24) is 4.90 Å². The van der Waals surface area contributed by atoms with Crippen molar-refractivity contribution in [3.63, 3.8) is 0 Å². The smallest absolute Gasteiger partial charge is 0.289 e. The number of aliphatic hydroxyl groups is 1. The fraction of sp³-hybridized carbons (Fsp3) is 0.333. The maximum atomic E-state index is 12.3. The van der Waals surface area contributed by atoms with Gasteiger partial charge in [0.05, 0.1) is 11.5 Å². The number of fused-ring (bicyclic) bond motifs is 1. The van der Waals surface area contributed by atoms with Gasteiger partial charge < -0.3 is 14.4 Å². The first-order chi connectivity index (χ1) is 9.65. The molecule has 1 aromatic heterocycles. The summed E-state index contributed by atoms with van der Waals surface area (Å²) in [6, 6.07) is 8.07. The van der Waals surface area contributed by atoms with Gasteiger partial charge in [-0.15, -0.1) is 0 Å². The molecule has 1 N–H and O–H groups in total. The molecule has 1 saturated heterocycles. The number of para-hydroxylation sites is 1. The molecule has 0 aliphatic carbocycles. The number of piperidine rings is 1. The maximum absolute atomic E-state index is 12.3. The second-order valence-electron chi connectivity index (χ2n) is 5.02. The first kappa shape index (κ1) is 12.9. The van der Waals surface area contributed by atoms with E-state index in [0.29, 0.717) is 23.9 Å². The fourth-order valence-electron chi connectivity index (χ4n) is 2.50. The normalized spacial score (nSPS) is 19.2. The number of amides is 1. The molecule has 2 heterocycles. The highest BCUT2D eigenvalue weighted by molar-refractivity contribution is 5.93. The molecule has 1 aliphatic rings. The Morgan fingerprint density at radius 3 is 2.95 bits per heavy atom. The van der Waals surface area contributed by atoms with Gasteiger partial charge in [-0.3, -0.25) is 9.59 Å². The van der Waals surface area contributed by atoms with Gasteiger partial charge in [-0.25, -0.2) is 0 Å². The molecule has 0 bridgehead atoms. The number of hydrogen-bond acceptors (Lipinski definition) is 4. The first-order valence-electron chi connectivity index (χ1n) is 6.65. The summed E-state index contributed by atoms with van der Waals surface area (Å²) in [6.45, 7) is 0.863. The Bertz CT molecular complexity index is 706. The highest BCUT2D eigenvalue weighted by atomic mass is 16.3. The lowest BCUT2D eigenvalue weighted by molar-refractivity contribution is 0.0449. The van der Waals surface area contributed by atoms with E-state index in [2.05, 4.69) is 0 Å². The minimum Gasteiger partial charge on any atom is -0.451 e. The van der Waals surface area contributed by atoms with E-state index in [4.69, 9.17) is 4.42 Å². The summed E-state index contributed by atoms with van der Waals surface area (Å²) < 4.78 is 5.52. The number of likely N-dealkylation sites (tertiary alicyclic amines) is 1. The van der Waals surface area contributed by atoms with Crippen LogP contribution in [0.1, 0.15) is 23.4 Å². The lowest BCUT2D eigenvalue weighted by atomic mass is 10.1. The summed E-state index contributed by atoms with van der Waals surface area (Å²) >= 11 is 0. The van der Waals surface area contributed by atoms with Crippen molar-refractivity contribution in [2.75, 3.05) is 13.1 Å². The Labute approximate surface area is 115 Å². The monoisotopic (exact) mass is 273 g/mol. The Balaban J connectivity index is 1.97. The second kappa shape index (κ2) is 5.09. The largest absolute Gasteiger partial charge is 0.451 e. The summed E-state index contributed by atoms with van der Waals surface area (Å²) in [5, 5.41) is 10.1. The van der Waals surface area contributed by atoms with E-state index in [1.54, 1.807) is 24.3 Å². The Kier molecular flexibility index (Phi) is 3.28. The van der Waals surface area contributed by atoms with Crippen molar-refractivity contribution < 1.29 is 14.3 Å². The molecule has 5 heteroatoms. The summed E-state index contributed by atoms with van der Waals surface area (Å²) in [4.78, 5) is 25.8. The number of nitrogens with zero attached hydrogens (tertiary/aromatic N) is 1. The van der Waals surface area contributed by atoms with Gasteiger partial charge in [0.1, 0.15) is 5.58 Å². The number of β-amino-alcohol motifs (C(OH)–C–C–N with tert-alkyl or cyclic N) is 1. The molecule has 1 atom stereocenters. The Morgan fingerprint density at radius 1 is 1.35 bits per heavy atom. The summed E-state index contributed by atoms with van der Waals surface area (Å²) in [7, 11) is 0. The number of carbonyl (C=O) groups excluding carboxylic acids is 1. The third-order valence-corrected chi connectivity index (χ3v) is 3.53. The van der Waals surface area contributed by atoms with Gasteiger partial charge in [0, 0.05) is 19.2 Å². The van der Waals surface area contributed by atoms with Crippen LogP contribution < -0.4 is 5.43 Å². The number of hydrogen-bond donors (Lipinski definition) is 1. The molecular weight excluding hydrogens is 258 g/mol. The molecule has 0 spiro atoms. The molecule has 0 unspecified atom stereocenters. The van der Waals surface area contributed by atoms with Gasteiger partial charge in [-0.2, -0.15) is 0 Å². The van der Waals surface area contributed by atoms with E-state index in [-0.39, 0.29) is 23.6 Å². The van der Waals surface area contributed by atoms with Crippen LogP contribution in [0.15, 0.2) is 39.5 Å². The zero-order chi connectivity index (χ0) is 14.1. The van der Waals surface area contributed by atoms with Gasteiger partial charge in [-0.05, 0) is 25.0 Å². The number of rotatable bonds is 1. The molecule has 5 nitrogen and oxygen atoms in total. The van der Waals surface area contributed by atoms with Gasteiger partial charge in [0.2, 0.25) is 0 Å². The van der Waals surface area contributed by atoms with Crippen molar-refractivity contribution in [1.29, 1.82) is 0 Å². The number of carbonyl (C=O) groups is 1. The van der Waals surface area contributed by atoms with E-state index >= 15 is 0 Å². The average molecular weight is 273 g/mol. The fourth-order valence-corrected chi connectivity index (χ4v) is 2.50. The Hall–Kier alpha value is -2.14. The highest BCUT2D eigenvalue weighted by Gasteiger charge is 2.25. The predicted molar refractivity (Wildman–Crippen MR) is 73.6 cm³/mol. The molecule has 0 radical (unpaired) electrons. The molecule has 1 aromatic carbocycles. The summed E-state index contributed by atoms with van der Waals surface area (Å²) in [6.07, 6.45) is 0.954. The minimum atomic E-state index is -0.500. The maximum Gasteiger partial charge on any atom is 0.289 e. The zero-order valence-corrected chi connectivity index (χ0v) is 10.9. The van der Waals surface area contributed by atoms with Gasteiger partial charge in [0.15, 0.2) is 11.2 Å². The number of benzene rings is 1. The van der Waals surface area contributed by atoms with Crippen LogP contribution in [0.3, 0.4) is 0 Å². The van der Waals surface area contributed by atoms with Crippen LogP contribution in [0.4, 0.5) is 0 Å². The van der Waals surface area contributed by atoms with Gasteiger partial charge in [-0.1, -0.05) is 12.1 Å². The first-order valence-corrected chi connectivity index (χ1v) is 6.65. The van der Waals surface area contributed by atoms with Crippen LogP contribution in [0.25, 0.3) is 11.0 Å². The van der Waals surface area contributed by atoms with E-state index in [1.807, 2.05) is 0 Å².